The van der Waals surface area contributed by atoms with Crippen LogP contribution in [-0.4, -0.2) is 54.6 Å². The number of methoxy groups -OCH3 is 1. The predicted octanol–water partition coefficient (Wildman–Crippen LogP) is 1.47. The van der Waals surface area contributed by atoms with Crippen molar-refractivity contribution in [3.05, 3.63) is 47.8 Å². The number of fused-ring (bicyclic) bond motifs is 1. The second kappa shape index (κ2) is 7.67. The maximum absolute atomic E-state index is 12.8. The third-order valence-electron chi connectivity index (χ3n) is 5.35. The maximum Gasteiger partial charge on any atom is 0.234 e. The van der Waals surface area contributed by atoms with E-state index >= 15 is 0 Å². The summed E-state index contributed by atoms with van der Waals surface area (Å²) >= 11 is 0. The van der Waals surface area contributed by atoms with Crippen molar-refractivity contribution in [2.75, 3.05) is 25.7 Å². The topological polar surface area (TPSA) is 126 Å². The molecule has 1 amide bonds. The Labute approximate surface area is 179 Å². The smallest absolute Gasteiger partial charge is 0.234 e. The van der Waals surface area contributed by atoms with Crippen LogP contribution in [0.1, 0.15) is 24.2 Å². The average Bonchev–Trinajstić information content (AvgIpc) is 3.44. The number of ether oxygens (including phenoxy) is 1. The molecule has 1 saturated carbocycles. The van der Waals surface area contributed by atoms with Crippen molar-refractivity contribution in [1.29, 1.82) is 5.26 Å². The number of hydrogen-bond acceptors (Lipinski definition) is 7. The molecule has 1 N–H and O–H groups in total. The Morgan fingerprint density at radius 2 is 1.97 bits per heavy atom. The lowest BCUT2D eigenvalue weighted by molar-refractivity contribution is -0.123. The molecule has 3 aromatic rings. The highest BCUT2D eigenvalue weighted by Crippen LogP contribution is 2.47. The van der Waals surface area contributed by atoms with Gasteiger partial charge < -0.3 is 10.1 Å². The summed E-state index contributed by atoms with van der Waals surface area (Å²) in [5.41, 5.74) is 1.75. The van der Waals surface area contributed by atoms with E-state index < -0.39 is 15.3 Å². The summed E-state index contributed by atoms with van der Waals surface area (Å²) in [5.74, 6) is 0.503. The van der Waals surface area contributed by atoms with Gasteiger partial charge in [0.05, 0.1) is 30.2 Å². The van der Waals surface area contributed by atoms with Crippen LogP contribution in [0.2, 0.25) is 0 Å². The molecule has 9 nitrogen and oxygen atoms in total. The van der Waals surface area contributed by atoms with Gasteiger partial charge in [-0.15, -0.1) is 5.10 Å². The molecular weight excluding hydrogens is 418 g/mol. The van der Waals surface area contributed by atoms with E-state index in [1.807, 2.05) is 18.2 Å². The molecule has 160 valence electrons. The Balaban J connectivity index is 1.71. The minimum absolute atomic E-state index is 0.0482. The molecule has 4 rings (SSSR count). The number of amides is 1. The lowest BCUT2D eigenvalue weighted by Gasteiger charge is -2.11. The number of nitrogens with one attached hydrogen (secondary N) is 1. The maximum atomic E-state index is 12.8. The molecule has 2 heterocycles. The first-order valence-electron chi connectivity index (χ1n) is 9.68. The fourth-order valence-electron chi connectivity index (χ4n) is 3.43. The highest BCUT2D eigenvalue weighted by Gasteiger charge is 2.54. The van der Waals surface area contributed by atoms with Crippen molar-refractivity contribution in [2.45, 2.75) is 18.3 Å². The Bertz CT molecular complexity index is 1300. The molecule has 2 aromatic heterocycles. The van der Waals surface area contributed by atoms with E-state index in [9.17, 15) is 13.2 Å². The lowest BCUT2D eigenvalue weighted by Crippen LogP contribution is -2.38. The summed E-state index contributed by atoms with van der Waals surface area (Å²) in [6.07, 6.45) is 2.30. The molecule has 0 bridgehead atoms. The van der Waals surface area contributed by atoms with Crippen molar-refractivity contribution < 1.29 is 17.9 Å². The van der Waals surface area contributed by atoms with Crippen LogP contribution in [0, 0.1) is 11.3 Å². The molecule has 1 aliphatic rings. The first-order chi connectivity index (χ1) is 14.8. The quantitative estimate of drug-likeness (QED) is 0.591. The van der Waals surface area contributed by atoms with Gasteiger partial charge in [-0.05, 0) is 37.1 Å². The largest absolute Gasteiger partial charge is 0.493 e. The fourth-order valence-corrected chi connectivity index (χ4v) is 3.90. The second-order valence-corrected chi connectivity index (χ2v) is 9.87. The number of pyridine rings is 1. The first-order valence-corrected chi connectivity index (χ1v) is 11.7. The molecule has 1 aliphatic carbocycles. The Morgan fingerprint density at radius 1 is 1.26 bits per heavy atom. The van der Waals surface area contributed by atoms with E-state index in [-0.39, 0.29) is 18.2 Å². The number of carbonyl (C=O) groups excluding carboxylic acids is 1. The van der Waals surface area contributed by atoms with Gasteiger partial charge in [0.25, 0.3) is 0 Å². The third kappa shape index (κ3) is 3.96. The van der Waals surface area contributed by atoms with Gasteiger partial charge in [-0.25, -0.2) is 17.9 Å². The van der Waals surface area contributed by atoms with E-state index in [0.717, 1.165) is 17.5 Å². The van der Waals surface area contributed by atoms with E-state index in [2.05, 4.69) is 21.5 Å². The van der Waals surface area contributed by atoms with Crippen molar-refractivity contribution >= 4 is 21.4 Å². The van der Waals surface area contributed by atoms with Crippen LogP contribution < -0.4 is 10.1 Å². The van der Waals surface area contributed by atoms with Crippen molar-refractivity contribution in [2.24, 2.45) is 0 Å². The highest BCUT2D eigenvalue weighted by molar-refractivity contribution is 7.90. The summed E-state index contributed by atoms with van der Waals surface area (Å²) < 4.78 is 29.7. The number of aromatic nitrogens is 3. The Hall–Kier alpha value is -3.45. The summed E-state index contributed by atoms with van der Waals surface area (Å²) in [7, 11) is -1.63. The van der Waals surface area contributed by atoms with E-state index in [1.165, 1.54) is 7.11 Å². The number of nitriles is 1. The molecule has 0 spiro atoms. The monoisotopic (exact) mass is 439 g/mol. The number of hydrogen-bond donors (Lipinski definition) is 1. The van der Waals surface area contributed by atoms with E-state index in [0.29, 0.717) is 35.6 Å². The van der Waals surface area contributed by atoms with Gasteiger partial charge in [-0.3, -0.25) is 4.79 Å². The minimum atomic E-state index is -3.17. The zero-order valence-corrected chi connectivity index (χ0v) is 17.9. The van der Waals surface area contributed by atoms with Gasteiger partial charge in [0.2, 0.25) is 5.91 Å². The molecule has 0 atom stereocenters. The van der Waals surface area contributed by atoms with Gasteiger partial charge in [0, 0.05) is 18.4 Å². The van der Waals surface area contributed by atoms with E-state index in [4.69, 9.17) is 10.00 Å². The molecular formula is C21H21N5O4S. The van der Waals surface area contributed by atoms with Crippen molar-refractivity contribution in [3.63, 3.8) is 0 Å². The van der Waals surface area contributed by atoms with Gasteiger partial charge in [-0.2, -0.15) is 5.26 Å². The van der Waals surface area contributed by atoms with Crippen LogP contribution in [0.3, 0.4) is 0 Å². The van der Waals surface area contributed by atoms with Gasteiger partial charge >= 0.3 is 0 Å². The molecule has 0 unspecified atom stereocenters. The van der Waals surface area contributed by atoms with E-state index in [1.54, 1.807) is 22.7 Å². The van der Waals surface area contributed by atoms with Crippen molar-refractivity contribution in [3.8, 4) is 23.1 Å². The van der Waals surface area contributed by atoms with Crippen LogP contribution >= 0.6 is 0 Å². The molecule has 0 aliphatic heterocycles. The predicted molar refractivity (Wildman–Crippen MR) is 113 cm³/mol. The van der Waals surface area contributed by atoms with Gasteiger partial charge in [0.1, 0.15) is 15.3 Å². The molecule has 10 heteroatoms. The van der Waals surface area contributed by atoms with Gasteiger partial charge in [-0.1, -0.05) is 12.1 Å². The summed E-state index contributed by atoms with van der Waals surface area (Å²) in [6.45, 7) is 0.0482. The van der Waals surface area contributed by atoms with Crippen molar-refractivity contribution in [1.82, 2.24) is 19.9 Å². The average molecular weight is 439 g/mol. The van der Waals surface area contributed by atoms with Crippen LogP contribution in [0.15, 0.2) is 36.4 Å². The summed E-state index contributed by atoms with van der Waals surface area (Å²) in [5, 5.41) is 16.4. The standard InChI is InChI=1S/C21H21N5O4S/c1-30-17-8-7-16(15-5-3-14(13-22)4-6-15)26-18(17)24-19(25-26)21(9-10-21)20(27)23-11-12-31(2,28)29/h3-8H,9-12H2,1-2H3,(H,23,27). The number of rotatable bonds is 7. The molecule has 31 heavy (non-hydrogen) atoms. The molecule has 0 radical (unpaired) electrons. The summed E-state index contributed by atoms with van der Waals surface area (Å²) in [6, 6.07) is 12.8. The number of sulfone groups is 1. The zero-order valence-electron chi connectivity index (χ0n) is 17.1. The normalized spacial score (nSPS) is 14.7. The SMILES string of the molecule is COc1ccc(-c2ccc(C#N)cc2)n2nc(C3(C(=O)NCCS(C)(=O)=O)CC3)nc12. The molecule has 1 fully saturated rings. The van der Waals surface area contributed by atoms with Gasteiger partial charge in [0.15, 0.2) is 17.2 Å². The van der Waals surface area contributed by atoms with Crippen LogP contribution in [-0.2, 0) is 20.0 Å². The van der Waals surface area contributed by atoms with Crippen LogP contribution in [0.5, 0.6) is 5.75 Å². The zero-order chi connectivity index (χ0) is 22.2. The summed E-state index contributed by atoms with van der Waals surface area (Å²) in [4.78, 5) is 17.4. The molecule has 1 aromatic carbocycles. The fraction of sp³-hybridized carbons (Fsp3) is 0.333. The lowest BCUT2D eigenvalue weighted by atomic mass is 10.1. The first kappa shape index (κ1) is 20.8. The third-order valence-corrected chi connectivity index (χ3v) is 6.29. The van der Waals surface area contributed by atoms with Crippen LogP contribution in [0.25, 0.3) is 16.9 Å². The number of benzene rings is 1. The number of nitrogens with zero attached hydrogens (tertiary/aromatic N) is 4. The minimum Gasteiger partial charge on any atom is -0.493 e. The Morgan fingerprint density at radius 3 is 2.55 bits per heavy atom. The highest BCUT2D eigenvalue weighted by atomic mass is 32.2. The Kier molecular flexibility index (Phi) is 5.15. The molecule has 0 saturated heterocycles. The van der Waals surface area contributed by atoms with Crippen LogP contribution in [0.4, 0.5) is 0 Å². The number of carbonyl (C=O) groups is 1. The second-order valence-electron chi connectivity index (χ2n) is 7.61.